The number of ether oxygens (including phenoxy) is 1. The van der Waals surface area contributed by atoms with Crippen LogP contribution >= 0.6 is 0 Å². The summed E-state index contributed by atoms with van der Waals surface area (Å²) < 4.78 is 5.68. The van der Waals surface area contributed by atoms with Crippen LogP contribution in [0, 0.1) is 11.3 Å². The summed E-state index contributed by atoms with van der Waals surface area (Å²) in [5.41, 5.74) is 5.01. The Labute approximate surface area is 96.9 Å². The Morgan fingerprint density at radius 2 is 2.12 bits per heavy atom. The van der Waals surface area contributed by atoms with Crippen molar-refractivity contribution in [1.29, 1.82) is 0 Å². The molecule has 1 saturated carbocycles. The number of carbonyl (C=O) groups is 1. The molecule has 2 fully saturated rings. The van der Waals surface area contributed by atoms with Gasteiger partial charge in [0.1, 0.15) is 0 Å². The zero-order valence-electron chi connectivity index (χ0n) is 10.5. The lowest BCUT2D eigenvalue weighted by atomic mass is 9.57. The Bertz CT molecular complexity index is 307. The summed E-state index contributed by atoms with van der Waals surface area (Å²) >= 11 is 0. The average Bonchev–Trinajstić information content (AvgIpc) is 2.58. The fourth-order valence-electron chi connectivity index (χ4n) is 2.94. The molecule has 2 rings (SSSR count). The number of nitrogens with one attached hydrogen (secondary N) is 1. The third-order valence-corrected chi connectivity index (χ3v) is 3.97. The van der Waals surface area contributed by atoms with Crippen LogP contribution < -0.4 is 11.1 Å². The quantitative estimate of drug-likeness (QED) is 0.727. The fourth-order valence-corrected chi connectivity index (χ4v) is 2.94. The molecule has 1 aliphatic heterocycles. The molecular weight excluding hydrogens is 204 g/mol. The number of hydrogen-bond acceptors (Lipinski definition) is 3. The van der Waals surface area contributed by atoms with Crippen molar-refractivity contribution in [3.05, 3.63) is 0 Å². The molecule has 1 amide bonds. The number of amides is 1. The summed E-state index contributed by atoms with van der Waals surface area (Å²) in [5, 5.41) is 3.07. The average molecular weight is 226 g/mol. The predicted molar refractivity (Wildman–Crippen MR) is 61.8 cm³/mol. The van der Waals surface area contributed by atoms with Crippen molar-refractivity contribution in [3.8, 4) is 0 Å². The SMILES string of the molecule is CC(C)(N)C(=O)NC1C2CCOC2C1(C)C. The van der Waals surface area contributed by atoms with Crippen molar-refractivity contribution >= 4 is 5.91 Å². The van der Waals surface area contributed by atoms with Gasteiger partial charge >= 0.3 is 0 Å². The lowest BCUT2D eigenvalue weighted by molar-refractivity contribution is -0.141. The van der Waals surface area contributed by atoms with E-state index in [2.05, 4.69) is 19.2 Å². The molecule has 0 aromatic rings. The van der Waals surface area contributed by atoms with E-state index in [0.717, 1.165) is 13.0 Å². The Kier molecular flexibility index (Phi) is 2.55. The molecule has 4 heteroatoms. The number of fused-ring (bicyclic) bond motifs is 1. The first kappa shape index (κ1) is 11.9. The van der Waals surface area contributed by atoms with E-state index >= 15 is 0 Å². The summed E-state index contributed by atoms with van der Waals surface area (Å²) in [6.07, 6.45) is 1.35. The maximum Gasteiger partial charge on any atom is 0.239 e. The summed E-state index contributed by atoms with van der Waals surface area (Å²) in [6, 6.07) is 0.204. The van der Waals surface area contributed by atoms with E-state index in [1.54, 1.807) is 13.8 Å². The predicted octanol–water partition coefficient (Wildman–Crippen LogP) is 0.653. The van der Waals surface area contributed by atoms with Crippen LogP contribution in [0.5, 0.6) is 0 Å². The van der Waals surface area contributed by atoms with Gasteiger partial charge in [-0.3, -0.25) is 4.79 Å². The molecule has 2 aliphatic rings. The van der Waals surface area contributed by atoms with Gasteiger partial charge in [-0.15, -0.1) is 0 Å². The monoisotopic (exact) mass is 226 g/mol. The summed E-state index contributed by atoms with van der Waals surface area (Å²) in [5.74, 6) is 0.400. The first-order valence-electron chi connectivity index (χ1n) is 5.96. The Hall–Kier alpha value is -0.610. The van der Waals surface area contributed by atoms with Crippen molar-refractivity contribution in [2.45, 2.75) is 51.8 Å². The van der Waals surface area contributed by atoms with Crippen molar-refractivity contribution in [2.24, 2.45) is 17.1 Å². The lowest BCUT2D eigenvalue weighted by Crippen LogP contribution is -2.69. The molecule has 92 valence electrons. The van der Waals surface area contributed by atoms with Gasteiger partial charge in [0.05, 0.1) is 11.6 Å². The smallest absolute Gasteiger partial charge is 0.239 e. The van der Waals surface area contributed by atoms with E-state index in [1.807, 2.05) is 0 Å². The van der Waals surface area contributed by atoms with Gasteiger partial charge in [-0.25, -0.2) is 0 Å². The van der Waals surface area contributed by atoms with E-state index < -0.39 is 5.54 Å². The Morgan fingerprint density at radius 3 is 2.69 bits per heavy atom. The molecule has 4 nitrogen and oxygen atoms in total. The van der Waals surface area contributed by atoms with Crippen molar-refractivity contribution in [2.75, 3.05) is 6.61 Å². The van der Waals surface area contributed by atoms with E-state index in [0.29, 0.717) is 12.0 Å². The van der Waals surface area contributed by atoms with Crippen LogP contribution in [0.1, 0.15) is 34.1 Å². The molecule has 1 aliphatic carbocycles. The minimum absolute atomic E-state index is 0.0298. The highest BCUT2D eigenvalue weighted by molar-refractivity contribution is 5.85. The van der Waals surface area contributed by atoms with Gasteiger partial charge in [-0.1, -0.05) is 13.8 Å². The van der Waals surface area contributed by atoms with Gasteiger partial charge in [-0.05, 0) is 20.3 Å². The summed E-state index contributed by atoms with van der Waals surface area (Å²) in [4.78, 5) is 11.9. The van der Waals surface area contributed by atoms with Gasteiger partial charge in [0.15, 0.2) is 0 Å². The second kappa shape index (κ2) is 3.44. The largest absolute Gasteiger partial charge is 0.377 e. The maximum atomic E-state index is 11.9. The minimum atomic E-state index is -0.805. The third-order valence-electron chi connectivity index (χ3n) is 3.97. The van der Waals surface area contributed by atoms with Crippen LogP contribution in [0.3, 0.4) is 0 Å². The highest BCUT2D eigenvalue weighted by Crippen LogP contribution is 2.52. The van der Waals surface area contributed by atoms with Crippen LogP contribution in [-0.4, -0.2) is 30.2 Å². The number of rotatable bonds is 2. The highest BCUT2D eigenvalue weighted by Gasteiger charge is 2.60. The Morgan fingerprint density at radius 1 is 1.50 bits per heavy atom. The van der Waals surface area contributed by atoms with E-state index in [4.69, 9.17) is 10.5 Å². The summed E-state index contributed by atoms with van der Waals surface area (Å²) in [6.45, 7) is 8.58. The topological polar surface area (TPSA) is 64.4 Å². The molecule has 1 heterocycles. The molecule has 16 heavy (non-hydrogen) atoms. The highest BCUT2D eigenvalue weighted by atomic mass is 16.5. The normalized spacial score (nSPS) is 36.4. The van der Waals surface area contributed by atoms with Crippen molar-refractivity contribution in [3.63, 3.8) is 0 Å². The van der Waals surface area contributed by atoms with Crippen molar-refractivity contribution < 1.29 is 9.53 Å². The second-order valence-electron chi connectivity index (χ2n) is 6.24. The zero-order chi connectivity index (χ0) is 12.1. The van der Waals surface area contributed by atoms with Crippen LogP contribution in [0.25, 0.3) is 0 Å². The second-order valence-corrected chi connectivity index (χ2v) is 6.24. The third kappa shape index (κ3) is 1.64. The molecular formula is C12H22N2O2. The molecule has 3 unspecified atom stereocenters. The van der Waals surface area contributed by atoms with Crippen LogP contribution in [0.2, 0.25) is 0 Å². The van der Waals surface area contributed by atoms with Crippen LogP contribution in [0.4, 0.5) is 0 Å². The molecule has 0 bridgehead atoms. The first-order valence-corrected chi connectivity index (χ1v) is 5.96. The van der Waals surface area contributed by atoms with Crippen LogP contribution in [-0.2, 0) is 9.53 Å². The zero-order valence-corrected chi connectivity index (χ0v) is 10.5. The van der Waals surface area contributed by atoms with Crippen molar-refractivity contribution in [1.82, 2.24) is 5.32 Å². The lowest BCUT2D eigenvalue weighted by Gasteiger charge is -2.55. The molecule has 0 spiro atoms. The van der Waals surface area contributed by atoms with Gasteiger partial charge in [0.2, 0.25) is 5.91 Å². The first-order chi connectivity index (χ1) is 7.24. The number of carbonyl (C=O) groups excluding carboxylic acids is 1. The van der Waals surface area contributed by atoms with Crippen LogP contribution in [0.15, 0.2) is 0 Å². The molecule has 0 aromatic carbocycles. The van der Waals surface area contributed by atoms with Gasteiger partial charge < -0.3 is 15.8 Å². The van der Waals surface area contributed by atoms with Gasteiger partial charge in [0, 0.05) is 24.0 Å². The van der Waals surface area contributed by atoms with E-state index in [1.165, 1.54) is 0 Å². The molecule has 0 radical (unpaired) electrons. The summed E-state index contributed by atoms with van der Waals surface area (Å²) in [7, 11) is 0. The standard InChI is InChI=1S/C12H22N2O2/c1-11(2)8(7-5-6-16-9(7)11)14-10(15)12(3,4)13/h7-9H,5-6,13H2,1-4H3,(H,14,15). The van der Waals surface area contributed by atoms with E-state index in [9.17, 15) is 4.79 Å². The molecule has 3 N–H and O–H groups in total. The molecule has 3 atom stereocenters. The van der Waals surface area contributed by atoms with Gasteiger partial charge in [0.25, 0.3) is 0 Å². The minimum Gasteiger partial charge on any atom is -0.377 e. The molecule has 1 saturated heterocycles. The Balaban J connectivity index is 2.03. The van der Waals surface area contributed by atoms with Gasteiger partial charge in [-0.2, -0.15) is 0 Å². The van der Waals surface area contributed by atoms with E-state index in [-0.39, 0.29) is 17.4 Å². The number of nitrogens with two attached hydrogens (primary N) is 1. The maximum absolute atomic E-state index is 11.9. The fraction of sp³-hybridized carbons (Fsp3) is 0.917. The molecule has 0 aromatic heterocycles. The number of hydrogen-bond donors (Lipinski definition) is 2.